The average molecular weight is 523 g/mol. The SMILES string of the molecule is Cc1cc(-c2cnc3c(NCC(C)(C)O)cc(Nc4ccc(Cl)c(F)c4)nn23)ccc1C(=O)NC1CC1. The number of aryl methyl sites for hydroxylation is 1. The van der Waals surface area contributed by atoms with Crippen molar-refractivity contribution < 1.29 is 14.3 Å². The third kappa shape index (κ3) is 5.68. The number of aromatic nitrogens is 3. The van der Waals surface area contributed by atoms with Crippen molar-refractivity contribution in [2.24, 2.45) is 0 Å². The zero-order valence-electron chi connectivity index (χ0n) is 20.8. The molecule has 0 aliphatic heterocycles. The molecule has 0 spiro atoms. The van der Waals surface area contributed by atoms with Crippen LogP contribution < -0.4 is 16.0 Å². The second kappa shape index (κ2) is 9.64. The highest BCUT2D eigenvalue weighted by Gasteiger charge is 2.24. The lowest BCUT2D eigenvalue weighted by Gasteiger charge is -2.19. The van der Waals surface area contributed by atoms with Gasteiger partial charge in [-0.1, -0.05) is 17.7 Å². The van der Waals surface area contributed by atoms with Crippen molar-refractivity contribution in [1.29, 1.82) is 0 Å². The summed E-state index contributed by atoms with van der Waals surface area (Å²) in [7, 11) is 0. The summed E-state index contributed by atoms with van der Waals surface area (Å²) in [6, 6.07) is 12.1. The molecule has 192 valence electrons. The van der Waals surface area contributed by atoms with Gasteiger partial charge in [0.05, 0.1) is 28.2 Å². The Kier molecular flexibility index (Phi) is 6.51. The molecular weight excluding hydrogens is 495 g/mol. The Labute approximate surface area is 218 Å². The number of anilines is 3. The molecule has 2 heterocycles. The van der Waals surface area contributed by atoms with Gasteiger partial charge in [0.25, 0.3) is 5.91 Å². The van der Waals surface area contributed by atoms with Crippen LogP contribution >= 0.6 is 11.6 Å². The topological polar surface area (TPSA) is 104 Å². The van der Waals surface area contributed by atoms with E-state index in [1.54, 1.807) is 36.7 Å². The highest BCUT2D eigenvalue weighted by atomic mass is 35.5. The maximum Gasteiger partial charge on any atom is 0.251 e. The van der Waals surface area contributed by atoms with E-state index in [0.29, 0.717) is 34.1 Å². The molecule has 0 atom stereocenters. The predicted octanol–water partition coefficient (Wildman–Crippen LogP) is 5.32. The van der Waals surface area contributed by atoms with E-state index in [1.165, 1.54) is 12.1 Å². The summed E-state index contributed by atoms with van der Waals surface area (Å²) in [5.74, 6) is -0.177. The highest BCUT2D eigenvalue weighted by molar-refractivity contribution is 6.30. The smallest absolute Gasteiger partial charge is 0.251 e. The van der Waals surface area contributed by atoms with Gasteiger partial charge in [-0.3, -0.25) is 4.79 Å². The fraction of sp³-hybridized carbons (Fsp3) is 0.296. The quantitative estimate of drug-likeness (QED) is 0.250. The monoisotopic (exact) mass is 522 g/mol. The van der Waals surface area contributed by atoms with E-state index in [-0.39, 0.29) is 23.5 Å². The molecule has 2 aromatic carbocycles. The Morgan fingerprint density at radius 2 is 2.00 bits per heavy atom. The van der Waals surface area contributed by atoms with E-state index in [9.17, 15) is 14.3 Å². The summed E-state index contributed by atoms with van der Waals surface area (Å²) in [5.41, 5.74) is 3.74. The van der Waals surface area contributed by atoms with Crippen LogP contribution in [-0.4, -0.2) is 43.8 Å². The highest BCUT2D eigenvalue weighted by Crippen LogP contribution is 2.30. The van der Waals surface area contributed by atoms with E-state index in [0.717, 1.165) is 24.0 Å². The van der Waals surface area contributed by atoms with Crippen LogP contribution in [-0.2, 0) is 0 Å². The number of carbonyl (C=O) groups is 1. The molecule has 0 saturated heterocycles. The maximum absolute atomic E-state index is 14.0. The minimum absolute atomic E-state index is 0.0306. The molecule has 5 rings (SSSR count). The molecule has 37 heavy (non-hydrogen) atoms. The first-order valence-corrected chi connectivity index (χ1v) is 12.4. The first kappa shape index (κ1) is 25.0. The summed E-state index contributed by atoms with van der Waals surface area (Å²) in [6.45, 7) is 5.58. The van der Waals surface area contributed by atoms with Crippen LogP contribution in [0, 0.1) is 12.7 Å². The first-order chi connectivity index (χ1) is 17.6. The number of amides is 1. The number of imidazole rings is 1. The molecule has 2 aromatic heterocycles. The molecule has 4 N–H and O–H groups in total. The normalized spacial score (nSPS) is 13.6. The van der Waals surface area contributed by atoms with Crippen molar-refractivity contribution in [3.05, 3.63) is 70.6 Å². The van der Waals surface area contributed by atoms with Gasteiger partial charge in [0, 0.05) is 35.5 Å². The van der Waals surface area contributed by atoms with Crippen LogP contribution in [0.3, 0.4) is 0 Å². The van der Waals surface area contributed by atoms with Gasteiger partial charge in [0.1, 0.15) is 5.82 Å². The summed E-state index contributed by atoms with van der Waals surface area (Å²) in [6.07, 6.45) is 3.76. The number of nitrogens with one attached hydrogen (secondary N) is 3. The van der Waals surface area contributed by atoms with E-state index >= 15 is 0 Å². The molecule has 1 fully saturated rings. The second-order valence-electron chi connectivity index (χ2n) is 10.0. The van der Waals surface area contributed by atoms with E-state index < -0.39 is 11.4 Å². The molecular formula is C27H28ClFN6O2. The predicted molar refractivity (Wildman–Crippen MR) is 143 cm³/mol. The fourth-order valence-corrected chi connectivity index (χ4v) is 4.08. The number of fused-ring (bicyclic) bond motifs is 1. The Hall–Kier alpha value is -3.69. The number of rotatable bonds is 8. The van der Waals surface area contributed by atoms with Gasteiger partial charge in [-0.25, -0.2) is 13.9 Å². The van der Waals surface area contributed by atoms with E-state index in [2.05, 4.69) is 20.9 Å². The average Bonchev–Trinajstić information content (AvgIpc) is 3.54. The van der Waals surface area contributed by atoms with Gasteiger partial charge in [-0.2, -0.15) is 0 Å². The van der Waals surface area contributed by atoms with Crippen molar-refractivity contribution in [3.63, 3.8) is 0 Å². The molecule has 8 nitrogen and oxygen atoms in total. The first-order valence-electron chi connectivity index (χ1n) is 12.1. The van der Waals surface area contributed by atoms with Crippen molar-refractivity contribution in [2.75, 3.05) is 17.2 Å². The number of nitrogens with zero attached hydrogens (tertiary/aromatic N) is 3. The van der Waals surface area contributed by atoms with Crippen molar-refractivity contribution in [1.82, 2.24) is 19.9 Å². The zero-order valence-corrected chi connectivity index (χ0v) is 21.5. The third-order valence-electron chi connectivity index (χ3n) is 6.05. The molecule has 1 amide bonds. The fourth-order valence-electron chi connectivity index (χ4n) is 3.96. The number of carbonyl (C=O) groups excluding carboxylic acids is 1. The molecule has 1 saturated carbocycles. The number of halogens is 2. The van der Waals surface area contributed by atoms with Crippen molar-refractivity contribution >= 4 is 40.3 Å². The Morgan fingerprint density at radius 3 is 2.68 bits per heavy atom. The van der Waals surface area contributed by atoms with E-state index in [4.69, 9.17) is 16.7 Å². The van der Waals surface area contributed by atoms with Crippen molar-refractivity contribution in [2.45, 2.75) is 45.3 Å². The summed E-state index contributed by atoms with van der Waals surface area (Å²) >= 11 is 5.83. The number of benzene rings is 2. The lowest BCUT2D eigenvalue weighted by molar-refractivity contribution is 0.0940. The Morgan fingerprint density at radius 1 is 1.22 bits per heavy atom. The number of aliphatic hydroxyl groups is 1. The molecule has 0 unspecified atom stereocenters. The van der Waals surface area contributed by atoms with E-state index in [1.807, 2.05) is 25.1 Å². The van der Waals surface area contributed by atoms with Crippen LogP contribution in [0.5, 0.6) is 0 Å². The van der Waals surface area contributed by atoms with Crippen LogP contribution in [0.25, 0.3) is 16.9 Å². The van der Waals surface area contributed by atoms with Gasteiger partial charge in [0.15, 0.2) is 11.5 Å². The van der Waals surface area contributed by atoms with Gasteiger partial charge in [-0.15, -0.1) is 5.10 Å². The van der Waals surface area contributed by atoms with Gasteiger partial charge < -0.3 is 21.1 Å². The second-order valence-corrected chi connectivity index (χ2v) is 10.4. The van der Waals surface area contributed by atoms with Crippen LogP contribution in [0.1, 0.15) is 42.6 Å². The molecule has 1 aliphatic carbocycles. The standard InChI is InChI=1S/C27H28ClFN6O2/c1-15-10-16(4-8-19(15)26(36)33-17-5-6-17)23-13-30-25-22(31-14-27(2,3)37)12-24(34-35(23)25)32-18-7-9-20(28)21(29)11-18/h4,7-13,17,31,37H,5-6,14H2,1-3H3,(H,32,34)(H,33,36). The van der Waals surface area contributed by atoms with Crippen molar-refractivity contribution in [3.8, 4) is 11.3 Å². The third-order valence-corrected chi connectivity index (χ3v) is 6.36. The minimum Gasteiger partial charge on any atom is -0.389 e. The van der Waals surface area contributed by atoms with Crippen LogP contribution in [0.15, 0.2) is 48.7 Å². The summed E-state index contributed by atoms with van der Waals surface area (Å²) in [5, 5.41) is 24.4. The molecule has 0 bridgehead atoms. The van der Waals surface area contributed by atoms with Gasteiger partial charge in [-0.05, 0) is 69.5 Å². The lowest BCUT2D eigenvalue weighted by atomic mass is 10.0. The summed E-state index contributed by atoms with van der Waals surface area (Å²) in [4.78, 5) is 17.2. The molecule has 1 aliphatic rings. The number of hydrogen-bond acceptors (Lipinski definition) is 6. The Balaban J connectivity index is 1.54. The van der Waals surface area contributed by atoms with Crippen LogP contribution in [0.2, 0.25) is 5.02 Å². The maximum atomic E-state index is 14.0. The lowest BCUT2D eigenvalue weighted by Crippen LogP contribution is -2.29. The van der Waals surface area contributed by atoms with Gasteiger partial charge >= 0.3 is 0 Å². The number of hydrogen-bond donors (Lipinski definition) is 4. The molecule has 4 aromatic rings. The zero-order chi connectivity index (χ0) is 26.3. The van der Waals surface area contributed by atoms with Crippen LogP contribution in [0.4, 0.5) is 21.6 Å². The minimum atomic E-state index is -0.962. The largest absolute Gasteiger partial charge is 0.389 e. The van der Waals surface area contributed by atoms with Gasteiger partial charge in [0.2, 0.25) is 0 Å². The summed E-state index contributed by atoms with van der Waals surface area (Å²) < 4.78 is 15.7. The molecule has 0 radical (unpaired) electrons. The molecule has 10 heteroatoms. The Bertz CT molecular complexity index is 1490.